The van der Waals surface area contributed by atoms with Crippen molar-refractivity contribution in [2.24, 2.45) is 0 Å². The lowest BCUT2D eigenvalue weighted by Crippen LogP contribution is -2.21. The van der Waals surface area contributed by atoms with Crippen LogP contribution in [0.25, 0.3) is 50.2 Å². The van der Waals surface area contributed by atoms with E-state index in [1.54, 1.807) is 12.3 Å². The molecular formula is C26H24FN7O2S. The van der Waals surface area contributed by atoms with Crippen LogP contribution < -0.4 is 10.0 Å². The third-order valence-corrected chi connectivity index (χ3v) is 7.11. The number of halogens is 1. The minimum absolute atomic E-state index is 0.00268. The number of nitrogens with one attached hydrogen (secondary N) is 4. The monoisotopic (exact) mass is 517 g/mol. The van der Waals surface area contributed by atoms with Crippen molar-refractivity contribution in [3.05, 3.63) is 71.8 Å². The molecule has 0 atom stereocenters. The second-order valence-electron chi connectivity index (χ2n) is 9.12. The molecule has 0 unspecified atom stereocenters. The van der Waals surface area contributed by atoms with Crippen LogP contribution >= 0.6 is 0 Å². The quantitative estimate of drug-likeness (QED) is 0.272. The maximum absolute atomic E-state index is 14.5. The van der Waals surface area contributed by atoms with Gasteiger partial charge in [0.15, 0.2) is 5.65 Å². The standard InChI is InChI=1S/C26H24FN7O2S/c1-37(35,36)31-13-15-8-17(10-19(27)9-15)20-4-7-29-25-21(20)12-23(32-25)24-22-11-18(14-30-26(22)34-33-24)16-2-5-28-6-3-16/h2,4,7-12,14,28,31H,3,5-6,13H2,1H3,(H,29,32)(H,30,33,34). The average Bonchev–Trinajstić information content (AvgIpc) is 3.51. The summed E-state index contributed by atoms with van der Waals surface area (Å²) in [4.78, 5) is 12.4. The first-order chi connectivity index (χ1) is 17.8. The summed E-state index contributed by atoms with van der Waals surface area (Å²) in [7, 11) is -3.41. The molecule has 1 aliphatic heterocycles. The van der Waals surface area contributed by atoms with E-state index < -0.39 is 15.8 Å². The molecule has 0 spiro atoms. The van der Waals surface area contributed by atoms with Crippen LogP contribution in [0.4, 0.5) is 4.39 Å². The van der Waals surface area contributed by atoms with Gasteiger partial charge in [0.25, 0.3) is 0 Å². The molecule has 4 N–H and O–H groups in total. The Bertz CT molecular complexity index is 1790. The zero-order chi connectivity index (χ0) is 25.6. The highest BCUT2D eigenvalue weighted by molar-refractivity contribution is 7.88. The number of benzene rings is 1. The van der Waals surface area contributed by atoms with E-state index in [1.165, 1.54) is 17.7 Å². The molecule has 188 valence electrons. The summed E-state index contributed by atoms with van der Waals surface area (Å²) in [6.45, 7) is 1.77. The van der Waals surface area contributed by atoms with Crippen LogP contribution in [0.5, 0.6) is 0 Å². The molecule has 37 heavy (non-hydrogen) atoms. The van der Waals surface area contributed by atoms with Crippen molar-refractivity contribution in [2.75, 3.05) is 19.3 Å². The highest BCUT2D eigenvalue weighted by Gasteiger charge is 2.17. The Kier molecular flexibility index (Phi) is 5.82. The maximum atomic E-state index is 14.5. The molecule has 0 radical (unpaired) electrons. The number of aromatic amines is 2. The summed E-state index contributed by atoms with van der Waals surface area (Å²) < 4.78 is 39.9. The topological polar surface area (TPSA) is 128 Å². The lowest BCUT2D eigenvalue weighted by atomic mass is 10.00. The molecule has 0 saturated heterocycles. The summed E-state index contributed by atoms with van der Waals surface area (Å²) in [5.41, 5.74) is 7.04. The van der Waals surface area contributed by atoms with E-state index in [2.05, 4.69) is 47.3 Å². The van der Waals surface area contributed by atoms with Gasteiger partial charge in [-0.25, -0.2) is 27.5 Å². The minimum atomic E-state index is -3.41. The molecule has 4 aromatic heterocycles. The van der Waals surface area contributed by atoms with E-state index in [1.807, 2.05) is 18.3 Å². The SMILES string of the molecule is CS(=O)(=O)NCc1cc(F)cc(-c2ccnc3[nH]c(-c4n[nH]c5ncc(C6=CCNCC6)cc45)cc23)c1. The highest BCUT2D eigenvalue weighted by Crippen LogP contribution is 2.34. The van der Waals surface area contributed by atoms with E-state index in [9.17, 15) is 12.8 Å². The van der Waals surface area contributed by atoms with Gasteiger partial charge < -0.3 is 10.3 Å². The number of aromatic nitrogens is 5. The van der Waals surface area contributed by atoms with Gasteiger partial charge in [-0.2, -0.15) is 5.10 Å². The van der Waals surface area contributed by atoms with Gasteiger partial charge in [0.05, 0.1) is 11.9 Å². The largest absolute Gasteiger partial charge is 0.338 e. The van der Waals surface area contributed by atoms with Crippen molar-refractivity contribution >= 4 is 37.7 Å². The Labute approximate surface area is 212 Å². The van der Waals surface area contributed by atoms with Gasteiger partial charge in [-0.05, 0) is 77.2 Å². The average molecular weight is 518 g/mol. The number of nitrogens with zero attached hydrogens (tertiary/aromatic N) is 3. The second-order valence-corrected chi connectivity index (χ2v) is 11.0. The molecule has 9 nitrogen and oxygen atoms in total. The number of H-pyrrole nitrogens is 2. The lowest BCUT2D eigenvalue weighted by Gasteiger charge is -2.13. The predicted octanol–water partition coefficient (Wildman–Crippen LogP) is 3.73. The Morgan fingerprint density at radius 2 is 1.95 bits per heavy atom. The molecular weight excluding hydrogens is 493 g/mol. The Balaban J connectivity index is 1.42. The van der Waals surface area contributed by atoms with Crippen LogP contribution in [0, 0.1) is 5.82 Å². The fourth-order valence-corrected chi connectivity index (χ4v) is 5.13. The van der Waals surface area contributed by atoms with Crippen LogP contribution in [0.1, 0.15) is 17.5 Å². The fourth-order valence-electron chi connectivity index (χ4n) is 4.70. The highest BCUT2D eigenvalue weighted by atomic mass is 32.2. The van der Waals surface area contributed by atoms with Crippen LogP contribution in [0.3, 0.4) is 0 Å². The fraction of sp³-hybridized carbons (Fsp3) is 0.192. The van der Waals surface area contributed by atoms with E-state index >= 15 is 0 Å². The Hall–Kier alpha value is -3.93. The van der Waals surface area contributed by atoms with E-state index in [4.69, 9.17) is 0 Å². The minimum Gasteiger partial charge on any atom is -0.338 e. The van der Waals surface area contributed by atoms with Crippen molar-refractivity contribution < 1.29 is 12.8 Å². The van der Waals surface area contributed by atoms with Crippen LogP contribution in [-0.4, -0.2) is 52.9 Å². The molecule has 5 aromatic rings. The number of rotatable bonds is 6. The van der Waals surface area contributed by atoms with E-state index in [-0.39, 0.29) is 6.54 Å². The smallest absolute Gasteiger partial charge is 0.209 e. The van der Waals surface area contributed by atoms with Crippen molar-refractivity contribution in [1.29, 1.82) is 0 Å². The molecule has 5 heterocycles. The molecule has 1 aliphatic rings. The Morgan fingerprint density at radius 3 is 2.76 bits per heavy atom. The molecule has 0 fully saturated rings. The second kappa shape index (κ2) is 9.18. The summed E-state index contributed by atoms with van der Waals surface area (Å²) in [6.07, 6.45) is 7.72. The molecule has 11 heteroatoms. The molecule has 0 saturated carbocycles. The first-order valence-electron chi connectivity index (χ1n) is 11.8. The lowest BCUT2D eigenvalue weighted by molar-refractivity contribution is 0.586. The predicted molar refractivity (Wildman–Crippen MR) is 142 cm³/mol. The Morgan fingerprint density at radius 1 is 1.05 bits per heavy atom. The van der Waals surface area contributed by atoms with Crippen molar-refractivity contribution in [2.45, 2.75) is 13.0 Å². The van der Waals surface area contributed by atoms with Crippen LogP contribution in [0.2, 0.25) is 0 Å². The van der Waals surface area contributed by atoms with Gasteiger partial charge in [0, 0.05) is 36.3 Å². The molecule has 6 rings (SSSR count). The first kappa shape index (κ1) is 23.5. The zero-order valence-electron chi connectivity index (χ0n) is 20.0. The first-order valence-corrected chi connectivity index (χ1v) is 13.7. The van der Waals surface area contributed by atoms with Crippen molar-refractivity contribution in [3.63, 3.8) is 0 Å². The van der Waals surface area contributed by atoms with Gasteiger partial charge in [0.2, 0.25) is 10.0 Å². The van der Waals surface area contributed by atoms with Gasteiger partial charge in [0.1, 0.15) is 17.2 Å². The summed E-state index contributed by atoms with van der Waals surface area (Å²) >= 11 is 0. The zero-order valence-corrected chi connectivity index (χ0v) is 20.8. The molecule has 0 aliphatic carbocycles. The van der Waals surface area contributed by atoms with Crippen LogP contribution in [-0.2, 0) is 16.6 Å². The van der Waals surface area contributed by atoms with Gasteiger partial charge in [-0.15, -0.1) is 0 Å². The number of fused-ring (bicyclic) bond motifs is 2. The van der Waals surface area contributed by atoms with Gasteiger partial charge >= 0.3 is 0 Å². The molecule has 0 bridgehead atoms. The third-order valence-electron chi connectivity index (χ3n) is 6.45. The van der Waals surface area contributed by atoms with Crippen molar-refractivity contribution in [3.8, 4) is 22.5 Å². The third kappa shape index (κ3) is 4.76. The normalized spacial score (nSPS) is 14.4. The van der Waals surface area contributed by atoms with E-state index in [0.717, 1.165) is 59.1 Å². The van der Waals surface area contributed by atoms with Gasteiger partial charge in [-0.1, -0.05) is 6.08 Å². The van der Waals surface area contributed by atoms with E-state index in [0.29, 0.717) is 22.4 Å². The molecule has 1 aromatic carbocycles. The van der Waals surface area contributed by atoms with Gasteiger partial charge in [-0.3, -0.25) is 5.10 Å². The number of pyridine rings is 2. The van der Waals surface area contributed by atoms with Crippen molar-refractivity contribution in [1.82, 2.24) is 35.2 Å². The maximum Gasteiger partial charge on any atom is 0.209 e. The number of hydrogen-bond acceptors (Lipinski definition) is 6. The molecule has 0 amide bonds. The number of hydrogen-bond donors (Lipinski definition) is 4. The summed E-state index contributed by atoms with van der Waals surface area (Å²) in [6, 6.07) is 10.4. The summed E-state index contributed by atoms with van der Waals surface area (Å²) in [5, 5.41) is 12.5. The van der Waals surface area contributed by atoms with Crippen LogP contribution in [0.15, 0.2) is 54.9 Å². The number of sulfonamides is 1. The summed E-state index contributed by atoms with van der Waals surface area (Å²) in [5.74, 6) is -0.451.